The van der Waals surface area contributed by atoms with E-state index in [0.717, 1.165) is 18.2 Å². The SMILES string of the molecule is N#CC(F)(F)c1cc(F)ccc1Cl. The maximum absolute atomic E-state index is 12.7. The highest BCUT2D eigenvalue weighted by Gasteiger charge is 2.33. The van der Waals surface area contributed by atoms with Gasteiger partial charge in [0.25, 0.3) is 0 Å². The molecule has 68 valence electrons. The molecule has 0 aliphatic carbocycles. The minimum atomic E-state index is -3.75. The van der Waals surface area contributed by atoms with Crippen molar-refractivity contribution in [1.29, 1.82) is 5.26 Å². The molecule has 0 aromatic heterocycles. The first kappa shape index (κ1) is 9.87. The smallest absolute Gasteiger partial charge is 0.207 e. The van der Waals surface area contributed by atoms with Crippen LogP contribution in [-0.4, -0.2) is 0 Å². The largest absolute Gasteiger partial charge is 0.358 e. The van der Waals surface area contributed by atoms with E-state index in [1.807, 2.05) is 0 Å². The van der Waals surface area contributed by atoms with Crippen LogP contribution in [0, 0.1) is 17.1 Å². The van der Waals surface area contributed by atoms with Gasteiger partial charge in [-0.3, -0.25) is 0 Å². The Bertz CT molecular complexity index is 370. The molecule has 0 N–H and O–H groups in total. The van der Waals surface area contributed by atoms with Crippen molar-refractivity contribution in [1.82, 2.24) is 0 Å². The Morgan fingerprint density at radius 3 is 2.54 bits per heavy atom. The molecule has 0 aliphatic heterocycles. The Morgan fingerprint density at radius 1 is 1.38 bits per heavy atom. The first-order valence-electron chi connectivity index (χ1n) is 3.22. The molecule has 1 rings (SSSR count). The zero-order chi connectivity index (χ0) is 10.1. The van der Waals surface area contributed by atoms with Crippen molar-refractivity contribution >= 4 is 11.6 Å². The number of rotatable bonds is 1. The maximum atomic E-state index is 12.7. The molecular weight excluding hydrogens is 203 g/mol. The van der Waals surface area contributed by atoms with Crippen LogP contribution in [0.1, 0.15) is 5.56 Å². The fraction of sp³-hybridized carbons (Fsp3) is 0.125. The van der Waals surface area contributed by atoms with Gasteiger partial charge in [0.1, 0.15) is 11.9 Å². The Labute approximate surface area is 77.4 Å². The summed E-state index contributed by atoms with van der Waals surface area (Å²) in [6.07, 6.45) is 0. The zero-order valence-corrected chi connectivity index (χ0v) is 6.95. The summed E-state index contributed by atoms with van der Waals surface area (Å²) in [7, 11) is 0. The molecule has 0 amide bonds. The van der Waals surface area contributed by atoms with Gasteiger partial charge in [0.05, 0.1) is 10.6 Å². The van der Waals surface area contributed by atoms with E-state index in [1.165, 1.54) is 0 Å². The normalized spacial score (nSPS) is 11.0. The number of nitriles is 1. The lowest BCUT2D eigenvalue weighted by atomic mass is 10.1. The third-order valence-electron chi connectivity index (χ3n) is 1.41. The summed E-state index contributed by atoms with van der Waals surface area (Å²) in [6, 6.07) is 3.22. The monoisotopic (exact) mass is 205 g/mol. The fourth-order valence-corrected chi connectivity index (χ4v) is 1.03. The molecular formula is C8H3ClF3N. The summed E-state index contributed by atoms with van der Waals surface area (Å²) in [5, 5.41) is 7.76. The predicted octanol–water partition coefficient (Wildman–Crippen LogP) is 3.09. The Balaban J connectivity index is 3.30. The molecule has 0 saturated carbocycles. The summed E-state index contributed by atoms with van der Waals surface area (Å²) >= 11 is 5.36. The van der Waals surface area contributed by atoms with Gasteiger partial charge < -0.3 is 0 Å². The zero-order valence-electron chi connectivity index (χ0n) is 6.19. The van der Waals surface area contributed by atoms with Crippen LogP contribution in [0.25, 0.3) is 0 Å². The van der Waals surface area contributed by atoms with Gasteiger partial charge in [0.15, 0.2) is 0 Å². The van der Waals surface area contributed by atoms with Crippen molar-refractivity contribution < 1.29 is 13.2 Å². The second kappa shape index (κ2) is 3.27. The molecule has 0 atom stereocenters. The van der Waals surface area contributed by atoms with Crippen molar-refractivity contribution in [3.8, 4) is 6.07 Å². The van der Waals surface area contributed by atoms with Crippen molar-refractivity contribution in [2.24, 2.45) is 0 Å². The maximum Gasteiger partial charge on any atom is 0.358 e. The minimum Gasteiger partial charge on any atom is -0.207 e. The Kier molecular flexibility index (Phi) is 2.48. The topological polar surface area (TPSA) is 23.8 Å². The van der Waals surface area contributed by atoms with Crippen LogP contribution in [-0.2, 0) is 5.92 Å². The van der Waals surface area contributed by atoms with Gasteiger partial charge in [-0.2, -0.15) is 14.0 Å². The summed E-state index contributed by atoms with van der Waals surface area (Å²) in [5.41, 5.74) is -0.809. The van der Waals surface area contributed by atoms with Crippen molar-refractivity contribution in [3.63, 3.8) is 0 Å². The highest BCUT2D eigenvalue weighted by molar-refractivity contribution is 6.31. The summed E-state index contributed by atoms with van der Waals surface area (Å²) in [5.74, 6) is -4.60. The molecule has 0 spiro atoms. The van der Waals surface area contributed by atoms with E-state index in [9.17, 15) is 13.2 Å². The summed E-state index contributed by atoms with van der Waals surface area (Å²) in [6.45, 7) is 0. The van der Waals surface area contributed by atoms with Crippen LogP contribution in [0.4, 0.5) is 13.2 Å². The van der Waals surface area contributed by atoms with Gasteiger partial charge in [0.2, 0.25) is 0 Å². The Morgan fingerprint density at radius 2 is 2.00 bits per heavy atom. The standard InChI is InChI=1S/C8H3ClF3N/c9-7-2-1-5(10)3-6(7)8(11,12)4-13/h1-3H. The van der Waals surface area contributed by atoms with Crippen LogP contribution >= 0.6 is 11.6 Å². The third-order valence-corrected chi connectivity index (χ3v) is 1.74. The van der Waals surface area contributed by atoms with Gasteiger partial charge in [-0.05, 0) is 18.2 Å². The summed E-state index contributed by atoms with van der Waals surface area (Å²) in [4.78, 5) is 0. The van der Waals surface area contributed by atoms with Gasteiger partial charge >= 0.3 is 5.92 Å². The Hall–Kier alpha value is -1.21. The lowest BCUT2D eigenvalue weighted by Gasteiger charge is -2.08. The molecule has 1 aromatic carbocycles. The van der Waals surface area contributed by atoms with E-state index < -0.39 is 17.3 Å². The lowest BCUT2D eigenvalue weighted by molar-refractivity contribution is 0.0610. The van der Waals surface area contributed by atoms with E-state index in [1.54, 1.807) is 0 Å². The highest BCUT2D eigenvalue weighted by Crippen LogP contribution is 2.32. The van der Waals surface area contributed by atoms with Crippen LogP contribution in [0.3, 0.4) is 0 Å². The second-order valence-electron chi connectivity index (χ2n) is 2.31. The average Bonchev–Trinajstić information content (AvgIpc) is 2.09. The van der Waals surface area contributed by atoms with E-state index >= 15 is 0 Å². The molecule has 1 nitrogen and oxygen atoms in total. The van der Waals surface area contributed by atoms with Gasteiger partial charge in [-0.15, -0.1) is 0 Å². The quantitative estimate of drug-likeness (QED) is 0.691. The first-order chi connectivity index (χ1) is 5.97. The number of alkyl halides is 2. The fourth-order valence-electron chi connectivity index (χ4n) is 0.798. The average molecular weight is 206 g/mol. The number of nitrogens with zero attached hydrogens (tertiary/aromatic N) is 1. The van der Waals surface area contributed by atoms with Crippen molar-refractivity contribution in [3.05, 3.63) is 34.6 Å². The van der Waals surface area contributed by atoms with Crippen molar-refractivity contribution in [2.75, 3.05) is 0 Å². The minimum absolute atomic E-state index is 0.326. The molecule has 0 radical (unpaired) electrons. The number of hydrogen-bond acceptors (Lipinski definition) is 1. The van der Waals surface area contributed by atoms with Gasteiger partial charge in [0, 0.05) is 0 Å². The molecule has 0 aliphatic rings. The molecule has 0 heterocycles. The van der Waals surface area contributed by atoms with Gasteiger partial charge in [-0.25, -0.2) is 4.39 Å². The van der Waals surface area contributed by atoms with Crippen molar-refractivity contribution in [2.45, 2.75) is 5.92 Å². The van der Waals surface area contributed by atoms with Crippen LogP contribution < -0.4 is 0 Å². The second-order valence-corrected chi connectivity index (χ2v) is 2.72. The van der Waals surface area contributed by atoms with E-state index in [0.29, 0.717) is 6.07 Å². The summed E-state index contributed by atoms with van der Waals surface area (Å²) < 4.78 is 37.9. The molecule has 1 aromatic rings. The van der Waals surface area contributed by atoms with Crippen LogP contribution in [0.5, 0.6) is 0 Å². The molecule has 0 saturated heterocycles. The lowest BCUT2D eigenvalue weighted by Crippen LogP contribution is -2.10. The molecule has 0 bridgehead atoms. The van der Waals surface area contributed by atoms with Crippen LogP contribution in [0.2, 0.25) is 5.02 Å². The number of hydrogen-bond donors (Lipinski definition) is 0. The molecule has 0 fully saturated rings. The number of benzene rings is 1. The van der Waals surface area contributed by atoms with E-state index in [4.69, 9.17) is 16.9 Å². The van der Waals surface area contributed by atoms with E-state index in [-0.39, 0.29) is 5.02 Å². The van der Waals surface area contributed by atoms with Gasteiger partial charge in [-0.1, -0.05) is 11.6 Å². The number of halogens is 4. The highest BCUT2D eigenvalue weighted by atomic mass is 35.5. The molecule has 5 heteroatoms. The third kappa shape index (κ3) is 1.93. The first-order valence-corrected chi connectivity index (χ1v) is 3.60. The predicted molar refractivity (Wildman–Crippen MR) is 40.9 cm³/mol. The molecule has 0 unspecified atom stereocenters. The van der Waals surface area contributed by atoms with Crippen LogP contribution in [0.15, 0.2) is 18.2 Å². The molecule has 13 heavy (non-hydrogen) atoms. The van der Waals surface area contributed by atoms with E-state index in [2.05, 4.69) is 0 Å².